The number of hydrogen-bond acceptors (Lipinski definition) is 3. The molecule has 0 radical (unpaired) electrons. The second kappa shape index (κ2) is 3.48. The minimum atomic E-state index is 0.0982. The molecular weight excluding hydrogens is 194 g/mol. The van der Waals surface area contributed by atoms with E-state index in [0.717, 1.165) is 12.2 Å². The number of aliphatic hydroxyl groups is 1. The van der Waals surface area contributed by atoms with Gasteiger partial charge in [-0.05, 0) is 26.0 Å². The van der Waals surface area contributed by atoms with Crippen LogP contribution in [0.2, 0.25) is 0 Å². The molecule has 0 unspecified atom stereocenters. The molecule has 0 bridgehead atoms. The zero-order valence-corrected chi connectivity index (χ0v) is 9.34. The number of para-hydroxylation sites is 1. The Balaban J connectivity index is 2.41. The van der Waals surface area contributed by atoms with Crippen molar-refractivity contribution in [2.75, 3.05) is 18.2 Å². The third kappa shape index (κ3) is 1.74. The van der Waals surface area contributed by atoms with E-state index in [1.807, 2.05) is 28.8 Å². The highest BCUT2D eigenvalue weighted by atomic mass is 32.2. The Bertz CT molecular complexity index is 338. The van der Waals surface area contributed by atoms with Gasteiger partial charge < -0.3 is 10.0 Å². The zero-order valence-electron chi connectivity index (χ0n) is 8.53. The van der Waals surface area contributed by atoms with Crippen LogP contribution in [0, 0.1) is 0 Å². The van der Waals surface area contributed by atoms with Gasteiger partial charge in [-0.3, -0.25) is 0 Å². The molecule has 1 N–H and O–H groups in total. The molecule has 0 aromatic heterocycles. The number of rotatable bonds is 1. The average Bonchev–Trinajstić information content (AvgIpc) is 2.15. The Labute approximate surface area is 88.9 Å². The Morgan fingerprint density at radius 3 is 2.86 bits per heavy atom. The van der Waals surface area contributed by atoms with Gasteiger partial charge in [-0.2, -0.15) is 0 Å². The fourth-order valence-corrected chi connectivity index (χ4v) is 3.07. The van der Waals surface area contributed by atoms with E-state index >= 15 is 0 Å². The molecule has 76 valence electrons. The van der Waals surface area contributed by atoms with Crippen molar-refractivity contribution in [2.24, 2.45) is 0 Å². The fourth-order valence-electron chi connectivity index (χ4n) is 1.81. The standard InChI is InChI=1S/C11H15NOS/c1-11(2)7-12(8-13)9-5-3-4-6-10(9)14-11/h3-6,13H,7-8H2,1-2H3. The quantitative estimate of drug-likeness (QED) is 0.768. The maximum atomic E-state index is 9.29. The van der Waals surface area contributed by atoms with E-state index in [-0.39, 0.29) is 11.5 Å². The van der Waals surface area contributed by atoms with E-state index in [1.54, 1.807) is 0 Å². The largest absolute Gasteiger partial charge is 0.376 e. The summed E-state index contributed by atoms with van der Waals surface area (Å²) in [6.07, 6.45) is 0. The van der Waals surface area contributed by atoms with E-state index in [1.165, 1.54) is 4.90 Å². The van der Waals surface area contributed by atoms with Crippen molar-refractivity contribution in [3.8, 4) is 0 Å². The highest BCUT2D eigenvalue weighted by Gasteiger charge is 2.30. The van der Waals surface area contributed by atoms with Crippen molar-refractivity contribution in [2.45, 2.75) is 23.5 Å². The molecule has 1 aromatic carbocycles. The van der Waals surface area contributed by atoms with Crippen LogP contribution in [0.3, 0.4) is 0 Å². The number of nitrogens with zero attached hydrogens (tertiary/aromatic N) is 1. The lowest BCUT2D eigenvalue weighted by atomic mass is 10.1. The van der Waals surface area contributed by atoms with Gasteiger partial charge in [0.05, 0.1) is 5.69 Å². The van der Waals surface area contributed by atoms with Crippen LogP contribution in [0.4, 0.5) is 5.69 Å². The number of hydrogen-bond donors (Lipinski definition) is 1. The molecule has 1 aliphatic rings. The van der Waals surface area contributed by atoms with Crippen molar-refractivity contribution >= 4 is 17.4 Å². The first kappa shape index (κ1) is 9.87. The fraction of sp³-hybridized carbons (Fsp3) is 0.455. The van der Waals surface area contributed by atoms with Gasteiger partial charge in [0.15, 0.2) is 0 Å². The second-order valence-corrected chi connectivity index (χ2v) is 5.92. The first-order valence-electron chi connectivity index (χ1n) is 4.76. The predicted octanol–water partition coefficient (Wildman–Crippen LogP) is 2.33. The molecule has 14 heavy (non-hydrogen) atoms. The molecular formula is C11H15NOS. The average molecular weight is 209 g/mol. The van der Waals surface area contributed by atoms with Crippen molar-refractivity contribution in [1.29, 1.82) is 0 Å². The van der Waals surface area contributed by atoms with Crippen LogP contribution in [0.15, 0.2) is 29.2 Å². The molecule has 0 saturated heterocycles. The van der Waals surface area contributed by atoms with E-state index in [4.69, 9.17) is 0 Å². The summed E-state index contributed by atoms with van der Waals surface area (Å²) in [4.78, 5) is 3.28. The normalized spacial score (nSPS) is 19.2. The van der Waals surface area contributed by atoms with E-state index in [0.29, 0.717) is 0 Å². The highest BCUT2D eigenvalue weighted by molar-refractivity contribution is 8.00. The third-order valence-electron chi connectivity index (χ3n) is 2.33. The first-order chi connectivity index (χ1) is 6.62. The number of fused-ring (bicyclic) bond motifs is 1. The van der Waals surface area contributed by atoms with E-state index < -0.39 is 0 Å². The van der Waals surface area contributed by atoms with Crippen LogP contribution < -0.4 is 4.90 Å². The zero-order chi connectivity index (χ0) is 10.2. The lowest BCUT2D eigenvalue weighted by molar-refractivity contribution is 0.286. The molecule has 1 heterocycles. The molecule has 2 rings (SSSR count). The van der Waals surface area contributed by atoms with E-state index in [9.17, 15) is 5.11 Å². The highest BCUT2D eigenvalue weighted by Crippen LogP contribution is 2.43. The van der Waals surface area contributed by atoms with Crippen molar-refractivity contribution < 1.29 is 5.11 Å². The summed E-state index contributed by atoms with van der Waals surface area (Å²) in [6, 6.07) is 8.24. The minimum Gasteiger partial charge on any atom is -0.376 e. The smallest absolute Gasteiger partial charge is 0.115 e. The van der Waals surface area contributed by atoms with Crippen LogP contribution in [-0.2, 0) is 0 Å². The van der Waals surface area contributed by atoms with Crippen LogP contribution >= 0.6 is 11.8 Å². The Morgan fingerprint density at radius 1 is 1.43 bits per heavy atom. The third-order valence-corrected chi connectivity index (χ3v) is 3.58. The Kier molecular flexibility index (Phi) is 2.45. The van der Waals surface area contributed by atoms with Crippen LogP contribution in [0.25, 0.3) is 0 Å². The number of thioether (sulfide) groups is 1. The van der Waals surface area contributed by atoms with Crippen LogP contribution in [0.1, 0.15) is 13.8 Å². The molecule has 0 spiro atoms. The molecule has 1 aliphatic heterocycles. The van der Waals surface area contributed by atoms with Gasteiger partial charge in [0.1, 0.15) is 6.73 Å². The van der Waals surface area contributed by atoms with Gasteiger partial charge in [-0.15, -0.1) is 11.8 Å². The molecule has 2 nitrogen and oxygen atoms in total. The molecule has 0 saturated carbocycles. The lowest BCUT2D eigenvalue weighted by Gasteiger charge is -2.38. The second-order valence-electron chi connectivity index (χ2n) is 4.17. The molecule has 0 amide bonds. The maximum absolute atomic E-state index is 9.29. The summed E-state index contributed by atoms with van der Waals surface area (Å²) in [5, 5.41) is 9.29. The van der Waals surface area contributed by atoms with Gasteiger partial charge in [-0.1, -0.05) is 12.1 Å². The number of anilines is 1. The predicted molar refractivity (Wildman–Crippen MR) is 60.8 cm³/mol. The number of aliphatic hydroxyl groups excluding tert-OH is 1. The van der Waals surface area contributed by atoms with Gasteiger partial charge in [0.2, 0.25) is 0 Å². The monoisotopic (exact) mass is 209 g/mol. The topological polar surface area (TPSA) is 23.5 Å². The van der Waals surface area contributed by atoms with Crippen molar-refractivity contribution in [3.63, 3.8) is 0 Å². The molecule has 0 fully saturated rings. The van der Waals surface area contributed by atoms with Gasteiger partial charge in [-0.25, -0.2) is 0 Å². The summed E-state index contributed by atoms with van der Waals surface area (Å²) >= 11 is 1.88. The summed E-state index contributed by atoms with van der Waals surface area (Å²) in [7, 11) is 0. The lowest BCUT2D eigenvalue weighted by Crippen LogP contribution is -2.40. The minimum absolute atomic E-state index is 0.0982. The summed E-state index contributed by atoms with van der Waals surface area (Å²) < 4.78 is 0.178. The number of benzene rings is 1. The van der Waals surface area contributed by atoms with E-state index in [2.05, 4.69) is 26.0 Å². The van der Waals surface area contributed by atoms with Gasteiger partial charge in [0.25, 0.3) is 0 Å². The molecule has 0 aliphatic carbocycles. The maximum Gasteiger partial charge on any atom is 0.115 e. The van der Waals surface area contributed by atoms with Crippen LogP contribution in [-0.4, -0.2) is 23.1 Å². The molecule has 3 heteroatoms. The Morgan fingerprint density at radius 2 is 2.14 bits per heavy atom. The molecule has 1 aromatic rings. The summed E-state index contributed by atoms with van der Waals surface area (Å²) in [6.45, 7) is 5.40. The van der Waals surface area contributed by atoms with Crippen molar-refractivity contribution in [3.05, 3.63) is 24.3 Å². The van der Waals surface area contributed by atoms with Crippen LogP contribution in [0.5, 0.6) is 0 Å². The van der Waals surface area contributed by atoms with Gasteiger partial charge in [0, 0.05) is 16.2 Å². The SMILES string of the molecule is CC1(C)CN(CO)c2ccccc2S1. The molecule has 0 atom stereocenters. The summed E-state index contributed by atoms with van der Waals surface area (Å²) in [5.74, 6) is 0. The van der Waals surface area contributed by atoms with Gasteiger partial charge >= 0.3 is 0 Å². The summed E-state index contributed by atoms with van der Waals surface area (Å²) in [5.41, 5.74) is 1.15. The first-order valence-corrected chi connectivity index (χ1v) is 5.58. The van der Waals surface area contributed by atoms with Crippen molar-refractivity contribution in [1.82, 2.24) is 0 Å². The Hall–Kier alpha value is -0.670.